The average molecular weight is 373 g/mol. The van der Waals surface area contributed by atoms with E-state index in [1.165, 1.54) is 0 Å². The molecule has 0 unspecified atom stereocenters. The molecule has 5 nitrogen and oxygen atoms in total. The van der Waals surface area contributed by atoms with Gasteiger partial charge in [-0.2, -0.15) is 0 Å². The van der Waals surface area contributed by atoms with Crippen molar-refractivity contribution in [1.82, 2.24) is 4.90 Å². The van der Waals surface area contributed by atoms with Crippen molar-refractivity contribution in [2.45, 2.75) is 26.7 Å². The van der Waals surface area contributed by atoms with Crippen LogP contribution in [0.5, 0.6) is 0 Å². The largest absolute Gasteiger partial charge is 0.382 e. The molecule has 0 aliphatic heterocycles. The lowest BCUT2D eigenvalue weighted by molar-refractivity contribution is 0.0690. The van der Waals surface area contributed by atoms with E-state index in [1.54, 1.807) is 7.11 Å². The molecule has 0 aromatic heterocycles. The van der Waals surface area contributed by atoms with Crippen LogP contribution in [-0.2, 0) is 9.47 Å². The van der Waals surface area contributed by atoms with Gasteiger partial charge in [-0.3, -0.25) is 4.99 Å². The van der Waals surface area contributed by atoms with E-state index in [9.17, 15) is 0 Å². The molecule has 2 N–H and O–H groups in total. The lowest BCUT2D eigenvalue weighted by Gasteiger charge is -2.19. The maximum atomic E-state index is 5.85. The highest BCUT2D eigenvalue weighted by atomic mass is 127. The Balaban J connectivity index is 0. The maximum Gasteiger partial charge on any atom is 0.191 e. The van der Waals surface area contributed by atoms with Gasteiger partial charge >= 0.3 is 0 Å². The standard InChI is InChI=1S/C12H27N3O2.HI/c1-4-15(5-2)12(13)14-8-6-7-9-17-11-10-16-3;/h4-11H2,1-3H3,(H2,13,14);1H. The molecule has 0 aromatic carbocycles. The molecule has 110 valence electrons. The summed E-state index contributed by atoms with van der Waals surface area (Å²) >= 11 is 0. The zero-order valence-corrected chi connectivity index (χ0v) is 14.2. The number of nitrogens with two attached hydrogens (primary N) is 1. The summed E-state index contributed by atoms with van der Waals surface area (Å²) in [6.07, 6.45) is 2.02. The van der Waals surface area contributed by atoms with Crippen molar-refractivity contribution in [3.8, 4) is 0 Å². The molecule has 0 aliphatic carbocycles. The molecule has 0 saturated carbocycles. The van der Waals surface area contributed by atoms with Crippen LogP contribution < -0.4 is 5.73 Å². The predicted octanol–water partition coefficient (Wildman–Crippen LogP) is 1.70. The molecule has 0 heterocycles. The fourth-order valence-electron chi connectivity index (χ4n) is 1.40. The Morgan fingerprint density at radius 1 is 1.11 bits per heavy atom. The number of guanidine groups is 1. The van der Waals surface area contributed by atoms with Crippen LogP contribution in [0.3, 0.4) is 0 Å². The van der Waals surface area contributed by atoms with Crippen LogP contribution in [0.15, 0.2) is 4.99 Å². The number of nitrogens with zero attached hydrogens (tertiary/aromatic N) is 2. The number of unbranched alkanes of at least 4 members (excludes halogenated alkanes) is 1. The maximum absolute atomic E-state index is 5.85. The molecule has 0 bridgehead atoms. The van der Waals surface area contributed by atoms with Crippen molar-refractivity contribution in [2.24, 2.45) is 10.7 Å². The van der Waals surface area contributed by atoms with Gasteiger partial charge in [0.15, 0.2) is 5.96 Å². The molecule has 0 radical (unpaired) electrons. The minimum absolute atomic E-state index is 0. The van der Waals surface area contributed by atoms with Crippen LogP contribution in [0.4, 0.5) is 0 Å². The van der Waals surface area contributed by atoms with Gasteiger partial charge in [-0.05, 0) is 26.7 Å². The second-order valence-corrected chi connectivity index (χ2v) is 3.72. The summed E-state index contributed by atoms with van der Waals surface area (Å²) in [5.41, 5.74) is 5.85. The second-order valence-electron chi connectivity index (χ2n) is 3.72. The first-order valence-electron chi connectivity index (χ1n) is 6.37. The number of aliphatic imine (C=N–C) groups is 1. The van der Waals surface area contributed by atoms with Gasteiger partial charge in [-0.15, -0.1) is 24.0 Å². The molecule has 0 atom stereocenters. The summed E-state index contributed by atoms with van der Waals surface area (Å²) in [4.78, 5) is 6.39. The van der Waals surface area contributed by atoms with Gasteiger partial charge in [-0.1, -0.05) is 0 Å². The number of hydrogen-bond donors (Lipinski definition) is 1. The summed E-state index contributed by atoms with van der Waals surface area (Å²) in [5, 5.41) is 0. The third-order valence-corrected chi connectivity index (χ3v) is 2.49. The molecular formula is C12H28IN3O2. The Bertz CT molecular complexity index is 200. The van der Waals surface area contributed by atoms with Gasteiger partial charge in [0.2, 0.25) is 0 Å². The van der Waals surface area contributed by atoms with Crippen molar-refractivity contribution in [1.29, 1.82) is 0 Å². The zero-order chi connectivity index (χ0) is 12.9. The molecule has 6 heteroatoms. The van der Waals surface area contributed by atoms with E-state index in [0.717, 1.165) is 39.1 Å². The molecule has 0 amide bonds. The van der Waals surface area contributed by atoms with E-state index in [1.807, 2.05) is 0 Å². The van der Waals surface area contributed by atoms with Crippen molar-refractivity contribution in [2.75, 3.05) is 46.6 Å². The molecular weight excluding hydrogens is 345 g/mol. The summed E-state index contributed by atoms with van der Waals surface area (Å²) < 4.78 is 10.2. The van der Waals surface area contributed by atoms with Gasteiger partial charge < -0.3 is 20.1 Å². The Morgan fingerprint density at radius 2 is 1.78 bits per heavy atom. The highest BCUT2D eigenvalue weighted by Gasteiger charge is 2.00. The molecule has 0 aromatic rings. The van der Waals surface area contributed by atoms with Crippen LogP contribution in [0.2, 0.25) is 0 Å². The average Bonchev–Trinajstić information content (AvgIpc) is 2.34. The highest BCUT2D eigenvalue weighted by molar-refractivity contribution is 14.0. The smallest absolute Gasteiger partial charge is 0.191 e. The van der Waals surface area contributed by atoms with Gasteiger partial charge in [0.05, 0.1) is 13.2 Å². The first-order chi connectivity index (χ1) is 8.26. The van der Waals surface area contributed by atoms with E-state index >= 15 is 0 Å². The monoisotopic (exact) mass is 373 g/mol. The van der Waals surface area contributed by atoms with Crippen LogP contribution >= 0.6 is 24.0 Å². The molecule has 0 fully saturated rings. The van der Waals surface area contributed by atoms with Crippen LogP contribution in [0.25, 0.3) is 0 Å². The predicted molar refractivity (Wildman–Crippen MR) is 86.8 cm³/mol. The number of methoxy groups -OCH3 is 1. The van der Waals surface area contributed by atoms with Crippen LogP contribution in [0, 0.1) is 0 Å². The SMILES string of the molecule is CCN(CC)C(N)=NCCCCOCCOC.I. The van der Waals surface area contributed by atoms with Gasteiger partial charge in [0.1, 0.15) is 0 Å². The fourth-order valence-corrected chi connectivity index (χ4v) is 1.40. The highest BCUT2D eigenvalue weighted by Crippen LogP contribution is 1.93. The lowest BCUT2D eigenvalue weighted by atomic mass is 10.3. The van der Waals surface area contributed by atoms with E-state index in [0.29, 0.717) is 19.2 Å². The summed E-state index contributed by atoms with van der Waals surface area (Å²) in [6.45, 7) is 8.84. The Labute approximate surface area is 128 Å². The van der Waals surface area contributed by atoms with E-state index in [4.69, 9.17) is 15.2 Å². The van der Waals surface area contributed by atoms with Crippen LogP contribution in [-0.4, -0.2) is 57.4 Å². The topological polar surface area (TPSA) is 60.1 Å². The molecule has 0 rings (SSSR count). The number of ether oxygens (including phenoxy) is 2. The Hall–Kier alpha value is -0.0800. The summed E-state index contributed by atoms with van der Waals surface area (Å²) in [6, 6.07) is 0. The minimum Gasteiger partial charge on any atom is -0.382 e. The number of halogens is 1. The summed E-state index contributed by atoms with van der Waals surface area (Å²) in [5.74, 6) is 0.648. The van der Waals surface area contributed by atoms with Crippen molar-refractivity contribution in [3.05, 3.63) is 0 Å². The first-order valence-corrected chi connectivity index (χ1v) is 6.37. The van der Waals surface area contributed by atoms with Crippen LogP contribution in [0.1, 0.15) is 26.7 Å². The third-order valence-electron chi connectivity index (χ3n) is 2.49. The quantitative estimate of drug-likeness (QED) is 0.274. The molecule has 0 saturated heterocycles. The Morgan fingerprint density at radius 3 is 2.33 bits per heavy atom. The second kappa shape index (κ2) is 15.0. The van der Waals surface area contributed by atoms with Gasteiger partial charge in [-0.25, -0.2) is 0 Å². The lowest BCUT2D eigenvalue weighted by Crippen LogP contribution is -2.37. The molecule has 0 spiro atoms. The summed E-state index contributed by atoms with van der Waals surface area (Å²) in [7, 11) is 1.67. The van der Waals surface area contributed by atoms with E-state index in [-0.39, 0.29) is 24.0 Å². The number of rotatable bonds is 10. The van der Waals surface area contributed by atoms with Crippen molar-refractivity contribution < 1.29 is 9.47 Å². The minimum atomic E-state index is 0. The third kappa shape index (κ3) is 11.0. The van der Waals surface area contributed by atoms with E-state index in [2.05, 4.69) is 23.7 Å². The van der Waals surface area contributed by atoms with E-state index < -0.39 is 0 Å². The van der Waals surface area contributed by atoms with Crippen molar-refractivity contribution in [3.63, 3.8) is 0 Å². The zero-order valence-electron chi connectivity index (χ0n) is 11.9. The molecule has 0 aliphatic rings. The van der Waals surface area contributed by atoms with Gasteiger partial charge in [0, 0.05) is 33.4 Å². The molecule has 18 heavy (non-hydrogen) atoms. The Kier molecular flexibility index (Phi) is 16.8. The van der Waals surface area contributed by atoms with Gasteiger partial charge in [0.25, 0.3) is 0 Å². The fraction of sp³-hybridized carbons (Fsp3) is 0.917. The van der Waals surface area contributed by atoms with Crippen molar-refractivity contribution >= 4 is 29.9 Å². The normalized spacial score (nSPS) is 11.2. The number of hydrogen-bond acceptors (Lipinski definition) is 3. The first kappa shape index (κ1) is 20.2.